The van der Waals surface area contributed by atoms with Gasteiger partial charge in [0.05, 0.1) is 0 Å². The summed E-state index contributed by atoms with van der Waals surface area (Å²) < 4.78 is 17.4. The number of esters is 1. The monoisotopic (exact) mass is 389 g/mol. The van der Waals surface area contributed by atoms with E-state index in [0.29, 0.717) is 22.8 Å². The minimum Gasteiger partial charge on any atom is -0.462 e. The van der Waals surface area contributed by atoms with Crippen LogP contribution in [0.1, 0.15) is 37.8 Å². The number of halogens is 1. The Hall–Kier alpha value is -2.73. The number of allylic oxidation sites excluding steroid dienone is 1. The van der Waals surface area contributed by atoms with Crippen molar-refractivity contribution in [1.82, 2.24) is 4.57 Å². The van der Waals surface area contributed by atoms with Gasteiger partial charge in [-0.25, -0.2) is 0 Å². The number of hydrogen-bond acceptors (Lipinski definition) is 5. The molecule has 0 N–H and O–H groups in total. The van der Waals surface area contributed by atoms with Crippen LogP contribution in [0.4, 0.5) is 0 Å². The predicted molar refractivity (Wildman–Crippen MR) is 101 cm³/mol. The fourth-order valence-electron chi connectivity index (χ4n) is 2.78. The Kier molecular flexibility index (Phi) is 6.19. The first-order valence-corrected chi connectivity index (χ1v) is 9.09. The normalized spacial score (nSPS) is 14.1. The predicted octanol–water partition coefficient (Wildman–Crippen LogP) is 4.03. The van der Waals surface area contributed by atoms with Crippen LogP contribution in [0.2, 0.25) is 5.02 Å². The molecule has 0 fully saturated rings. The lowest BCUT2D eigenvalue weighted by Gasteiger charge is -2.21. The van der Waals surface area contributed by atoms with Crippen LogP contribution in [-0.2, 0) is 14.3 Å². The SMILES string of the molecule is CCCCC(=O)Oc1ccn(C(C2=COCO2)c2ccccc2Cl)c(=O)c1. The molecule has 2 aromatic rings. The third-order valence-electron chi connectivity index (χ3n) is 4.13. The maximum atomic E-state index is 12.7. The summed E-state index contributed by atoms with van der Waals surface area (Å²) in [5, 5.41) is 0.501. The second-order valence-electron chi connectivity index (χ2n) is 6.06. The Morgan fingerprint density at radius 3 is 2.81 bits per heavy atom. The van der Waals surface area contributed by atoms with Gasteiger partial charge in [0.25, 0.3) is 5.56 Å². The third kappa shape index (κ3) is 4.52. The summed E-state index contributed by atoms with van der Waals surface area (Å²) in [4.78, 5) is 24.5. The van der Waals surface area contributed by atoms with E-state index >= 15 is 0 Å². The van der Waals surface area contributed by atoms with E-state index in [-0.39, 0.29) is 24.1 Å². The van der Waals surface area contributed by atoms with Crippen molar-refractivity contribution in [3.63, 3.8) is 0 Å². The second kappa shape index (κ2) is 8.77. The molecular weight excluding hydrogens is 370 g/mol. The lowest BCUT2D eigenvalue weighted by atomic mass is 10.0. The minimum absolute atomic E-state index is 0.0815. The van der Waals surface area contributed by atoms with Gasteiger partial charge in [-0.1, -0.05) is 43.1 Å². The fraction of sp³-hybridized carbons (Fsp3) is 0.300. The van der Waals surface area contributed by atoms with Crippen molar-refractivity contribution in [1.29, 1.82) is 0 Å². The quantitative estimate of drug-likeness (QED) is 0.669. The van der Waals surface area contributed by atoms with Crippen LogP contribution in [-0.4, -0.2) is 17.3 Å². The fourth-order valence-corrected chi connectivity index (χ4v) is 3.02. The van der Waals surface area contributed by atoms with Gasteiger partial charge >= 0.3 is 5.97 Å². The van der Waals surface area contributed by atoms with Crippen molar-refractivity contribution in [2.24, 2.45) is 0 Å². The first-order valence-electron chi connectivity index (χ1n) is 8.72. The molecule has 6 nitrogen and oxygen atoms in total. The molecule has 0 radical (unpaired) electrons. The smallest absolute Gasteiger partial charge is 0.311 e. The Morgan fingerprint density at radius 1 is 1.33 bits per heavy atom. The van der Waals surface area contributed by atoms with E-state index in [0.717, 1.165) is 12.8 Å². The summed E-state index contributed by atoms with van der Waals surface area (Å²) in [7, 11) is 0. The van der Waals surface area contributed by atoms with Crippen molar-refractivity contribution >= 4 is 17.6 Å². The summed E-state index contributed by atoms with van der Waals surface area (Å²) in [5.41, 5.74) is 0.350. The molecule has 1 aromatic carbocycles. The van der Waals surface area contributed by atoms with E-state index in [1.807, 2.05) is 25.1 Å². The zero-order valence-corrected chi connectivity index (χ0v) is 15.6. The Labute approximate surface area is 161 Å². The molecule has 1 atom stereocenters. The summed E-state index contributed by atoms with van der Waals surface area (Å²) in [6, 6.07) is 9.48. The maximum Gasteiger partial charge on any atom is 0.311 e. The molecule has 0 amide bonds. The largest absolute Gasteiger partial charge is 0.462 e. The van der Waals surface area contributed by atoms with E-state index in [1.54, 1.807) is 18.3 Å². The first kappa shape index (κ1) is 19.0. The first-order chi connectivity index (χ1) is 13.1. The van der Waals surface area contributed by atoms with Gasteiger partial charge in [-0.2, -0.15) is 0 Å². The lowest BCUT2D eigenvalue weighted by Crippen LogP contribution is -2.26. The Bertz CT molecular complexity index is 905. The number of nitrogens with zero attached hydrogens (tertiary/aromatic N) is 1. The van der Waals surface area contributed by atoms with E-state index in [4.69, 9.17) is 25.8 Å². The number of carbonyl (C=O) groups excluding carboxylic acids is 1. The molecule has 0 saturated heterocycles. The molecule has 1 aliphatic heterocycles. The van der Waals surface area contributed by atoms with Crippen LogP contribution in [0.15, 0.2) is 59.4 Å². The molecule has 1 aromatic heterocycles. The van der Waals surface area contributed by atoms with Gasteiger partial charge in [-0.15, -0.1) is 0 Å². The molecule has 1 aliphatic rings. The van der Waals surface area contributed by atoms with Crippen molar-refractivity contribution in [2.45, 2.75) is 32.2 Å². The molecule has 0 aliphatic carbocycles. The number of rotatable bonds is 7. The highest BCUT2D eigenvalue weighted by atomic mass is 35.5. The number of benzene rings is 1. The zero-order chi connectivity index (χ0) is 19.2. The number of aromatic nitrogens is 1. The molecule has 1 unspecified atom stereocenters. The Morgan fingerprint density at radius 2 is 2.15 bits per heavy atom. The highest BCUT2D eigenvalue weighted by Crippen LogP contribution is 2.33. The summed E-state index contributed by atoms with van der Waals surface area (Å²) in [6.07, 6.45) is 4.99. The maximum absolute atomic E-state index is 12.7. The van der Waals surface area contributed by atoms with Crippen LogP contribution < -0.4 is 10.3 Å². The van der Waals surface area contributed by atoms with Crippen LogP contribution in [0.5, 0.6) is 5.75 Å². The average molecular weight is 390 g/mol. The van der Waals surface area contributed by atoms with Crippen LogP contribution in [0, 0.1) is 0 Å². The zero-order valence-electron chi connectivity index (χ0n) is 14.9. The van der Waals surface area contributed by atoms with Crippen LogP contribution in [0.25, 0.3) is 0 Å². The standard InChI is InChI=1S/C20H20ClNO5/c1-2-3-8-19(24)27-14-9-10-22(18(23)11-14)20(17-12-25-13-26-17)15-6-4-5-7-16(15)21/h4-7,9-12,20H,2-3,8,13H2,1H3. The molecule has 2 heterocycles. The van der Waals surface area contributed by atoms with Crippen LogP contribution in [0.3, 0.4) is 0 Å². The number of pyridine rings is 1. The highest BCUT2D eigenvalue weighted by molar-refractivity contribution is 6.31. The molecule has 0 bridgehead atoms. The molecule has 142 valence electrons. The Balaban J connectivity index is 1.93. The second-order valence-corrected chi connectivity index (χ2v) is 6.47. The summed E-state index contributed by atoms with van der Waals surface area (Å²) in [5.74, 6) is 0.331. The van der Waals surface area contributed by atoms with Gasteiger partial charge < -0.3 is 18.8 Å². The van der Waals surface area contributed by atoms with Crippen molar-refractivity contribution in [2.75, 3.05) is 6.79 Å². The molecule has 0 saturated carbocycles. The van der Waals surface area contributed by atoms with Gasteiger partial charge in [-0.05, 0) is 18.6 Å². The van der Waals surface area contributed by atoms with Crippen molar-refractivity contribution < 1.29 is 19.0 Å². The van der Waals surface area contributed by atoms with E-state index in [9.17, 15) is 9.59 Å². The van der Waals surface area contributed by atoms with Crippen LogP contribution >= 0.6 is 11.6 Å². The van der Waals surface area contributed by atoms with E-state index in [1.165, 1.54) is 16.9 Å². The van der Waals surface area contributed by atoms with Gasteiger partial charge in [0.15, 0.2) is 5.76 Å². The minimum atomic E-state index is -0.585. The topological polar surface area (TPSA) is 66.8 Å². The lowest BCUT2D eigenvalue weighted by molar-refractivity contribution is -0.134. The molecule has 3 rings (SSSR count). The van der Waals surface area contributed by atoms with Gasteiger partial charge in [0, 0.05) is 29.3 Å². The van der Waals surface area contributed by atoms with E-state index in [2.05, 4.69) is 0 Å². The van der Waals surface area contributed by atoms with Gasteiger partial charge in [0.1, 0.15) is 18.1 Å². The molecular formula is C20H20ClNO5. The molecule has 0 spiro atoms. The van der Waals surface area contributed by atoms with E-state index < -0.39 is 6.04 Å². The average Bonchev–Trinajstić information content (AvgIpc) is 3.18. The molecule has 7 heteroatoms. The van der Waals surface area contributed by atoms with Crippen molar-refractivity contribution in [3.8, 4) is 5.75 Å². The number of carbonyl (C=O) groups is 1. The number of unbranched alkanes of at least 4 members (excludes halogenated alkanes) is 1. The number of hydrogen-bond donors (Lipinski definition) is 0. The molecule has 27 heavy (non-hydrogen) atoms. The number of ether oxygens (including phenoxy) is 3. The van der Waals surface area contributed by atoms with Gasteiger partial charge in [0.2, 0.25) is 6.79 Å². The summed E-state index contributed by atoms with van der Waals surface area (Å²) >= 11 is 6.34. The summed E-state index contributed by atoms with van der Waals surface area (Å²) in [6.45, 7) is 2.07. The third-order valence-corrected chi connectivity index (χ3v) is 4.47. The highest BCUT2D eigenvalue weighted by Gasteiger charge is 2.26. The van der Waals surface area contributed by atoms with Crippen molar-refractivity contribution in [3.05, 3.63) is 75.6 Å². The van der Waals surface area contributed by atoms with Gasteiger partial charge in [-0.3, -0.25) is 9.59 Å².